The van der Waals surface area contributed by atoms with Crippen LogP contribution in [0.25, 0.3) is 10.8 Å². The predicted octanol–water partition coefficient (Wildman–Crippen LogP) is 3.80. The average Bonchev–Trinajstić information content (AvgIpc) is 2.59. The number of hydrogen-bond donors (Lipinski definition) is 1. The maximum Gasteiger partial charge on any atom is 0.407 e. The number of benzene rings is 2. The van der Waals surface area contributed by atoms with Gasteiger partial charge in [-0.05, 0) is 47.2 Å². The van der Waals surface area contributed by atoms with E-state index in [2.05, 4.69) is 18.2 Å². The largest absolute Gasteiger partial charge is 0.465 e. The highest BCUT2D eigenvalue weighted by Crippen LogP contribution is 2.26. The lowest BCUT2D eigenvalue weighted by Crippen LogP contribution is -2.52. The van der Waals surface area contributed by atoms with E-state index >= 15 is 0 Å². The van der Waals surface area contributed by atoms with Crippen molar-refractivity contribution in [2.45, 2.75) is 11.3 Å². The van der Waals surface area contributed by atoms with Crippen LogP contribution in [-0.2, 0) is 4.79 Å². The van der Waals surface area contributed by atoms with Gasteiger partial charge < -0.3 is 10.0 Å². The molecule has 1 heterocycles. The van der Waals surface area contributed by atoms with Gasteiger partial charge in [0.2, 0.25) is 5.91 Å². The van der Waals surface area contributed by atoms with E-state index in [-0.39, 0.29) is 12.5 Å². The van der Waals surface area contributed by atoms with Crippen molar-refractivity contribution < 1.29 is 14.7 Å². The predicted molar refractivity (Wildman–Crippen MR) is 100 cm³/mol. The minimum Gasteiger partial charge on any atom is -0.465 e. The molecular formula is C18H19ClN2O3S. The molecule has 0 bridgehead atoms. The SMILES string of the molecule is O=C(O)N1CCN(CCCSc2ccc3cc(Cl)ccc3c2)C(=O)C1. The van der Waals surface area contributed by atoms with Crippen LogP contribution in [0.2, 0.25) is 5.02 Å². The monoisotopic (exact) mass is 378 g/mol. The highest BCUT2D eigenvalue weighted by Gasteiger charge is 2.26. The van der Waals surface area contributed by atoms with Crippen LogP contribution < -0.4 is 0 Å². The summed E-state index contributed by atoms with van der Waals surface area (Å²) >= 11 is 7.76. The first-order valence-corrected chi connectivity index (χ1v) is 9.47. The van der Waals surface area contributed by atoms with Gasteiger partial charge >= 0.3 is 6.09 Å². The molecule has 25 heavy (non-hydrogen) atoms. The zero-order valence-electron chi connectivity index (χ0n) is 13.7. The molecule has 1 aliphatic rings. The Bertz CT molecular complexity index is 799. The van der Waals surface area contributed by atoms with Gasteiger partial charge in [0.25, 0.3) is 0 Å². The summed E-state index contributed by atoms with van der Waals surface area (Å²) in [5.74, 6) is 0.798. The molecule has 132 valence electrons. The average molecular weight is 379 g/mol. The maximum absolute atomic E-state index is 12.0. The lowest BCUT2D eigenvalue weighted by Gasteiger charge is -2.32. The number of carboxylic acid groups (broad SMARTS) is 1. The van der Waals surface area contributed by atoms with Crippen LogP contribution >= 0.6 is 23.4 Å². The summed E-state index contributed by atoms with van der Waals surface area (Å²) < 4.78 is 0. The first-order chi connectivity index (χ1) is 12.0. The lowest BCUT2D eigenvalue weighted by atomic mass is 10.1. The summed E-state index contributed by atoms with van der Waals surface area (Å²) in [5, 5.41) is 11.9. The van der Waals surface area contributed by atoms with E-state index in [4.69, 9.17) is 16.7 Å². The number of carbonyl (C=O) groups excluding carboxylic acids is 1. The number of rotatable bonds is 5. The summed E-state index contributed by atoms with van der Waals surface area (Å²) in [7, 11) is 0. The number of carbonyl (C=O) groups is 2. The fourth-order valence-electron chi connectivity index (χ4n) is 2.84. The molecule has 0 atom stereocenters. The number of amides is 2. The van der Waals surface area contributed by atoms with Crippen LogP contribution in [-0.4, -0.2) is 58.8 Å². The molecule has 0 radical (unpaired) electrons. The molecule has 0 saturated carbocycles. The molecule has 1 N–H and O–H groups in total. The van der Waals surface area contributed by atoms with Crippen LogP contribution in [0.3, 0.4) is 0 Å². The molecule has 2 aromatic carbocycles. The van der Waals surface area contributed by atoms with Crippen molar-refractivity contribution in [1.29, 1.82) is 0 Å². The van der Waals surface area contributed by atoms with Crippen molar-refractivity contribution in [3.8, 4) is 0 Å². The first kappa shape index (κ1) is 17.9. The van der Waals surface area contributed by atoms with E-state index < -0.39 is 6.09 Å². The van der Waals surface area contributed by atoms with Crippen LogP contribution in [0.5, 0.6) is 0 Å². The third kappa shape index (κ3) is 4.58. The van der Waals surface area contributed by atoms with Crippen LogP contribution in [0.1, 0.15) is 6.42 Å². The summed E-state index contributed by atoms with van der Waals surface area (Å²) in [6, 6.07) is 12.2. The number of thioether (sulfide) groups is 1. The molecule has 0 aliphatic carbocycles. The Morgan fingerprint density at radius 1 is 1.16 bits per heavy atom. The summed E-state index contributed by atoms with van der Waals surface area (Å²) in [6.07, 6.45) is -0.150. The third-order valence-electron chi connectivity index (χ3n) is 4.20. The van der Waals surface area contributed by atoms with Crippen molar-refractivity contribution >= 4 is 46.1 Å². The van der Waals surface area contributed by atoms with E-state index in [9.17, 15) is 9.59 Å². The van der Waals surface area contributed by atoms with Crippen molar-refractivity contribution in [2.24, 2.45) is 0 Å². The number of hydrogen-bond acceptors (Lipinski definition) is 3. The van der Waals surface area contributed by atoms with E-state index in [0.717, 1.165) is 32.9 Å². The van der Waals surface area contributed by atoms with Gasteiger partial charge in [0.15, 0.2) is 0 Å². The van der Waals surface area contributed by atoms with Gasteiger partial charge in [-0.1, -0.05) is 23.7 Å². The summed E-state index contributed by atoms with van der Waals surface area (Å²) in [5.41, 5.74) is 0. The Morgan fingerprint density at radius 3 is 2.68 bits per heavy atom. The number of halogens is 1. The highest BCUT2D eigenvalue weighted by atomic mass is 35.5. The van der Waals surface area contributed by atoms with Gasteiger partial charge in [0.05, 0.1) is 0 Å². The van der Waals surface area contributed by atoms with E-state index in [1.165, 1.54) is 4.90 Å². The Balaban J connectivity index is 1.46. The zero-order valence-corrected chi connectivity index (χ0v) is 15.2. The Hall–Kier alpha value is -1.92. The summed E-state index contributed by atoms with van der Waals surface area (Å²) in [4.78, 5) is 26.9. The summed E-state index contributed by atoms with van der Waals surface area (Å²) in [6.45, 7) is 1.51. The Morgan fingerprint density at radius 2 is 1.92 bits per heavy atom. The second kappa shape index (κ2) is 7.97. The molecule has 1 saturated heterocycles. The standard InChI is InChI=1S/C18H19ClN2O3S/c19-15-4-2-14-11-16(5-3-13(14)10-15)25-9-1-6-20-7-8-21(18(23)24)12-17(20)22/h2-5,10-11H,1,6-9,12H2,(H,23,24). The maximum atomic E-state index is 12.0. The quantitative estimate of drug-likeness (QED) is 0.635. The van der Waals surface area contributed by atoms with Crippen LogP contribution in [0.15, 0.2) is 41.3 Å². The molecule has 0 unspecified atom stereocenters. The molecule has 2 aromatic rings. The number of fused-ring (bicyclic) bond motifs is 1. The molecule has 0 aromatic heterocycles. The smallest absolute Gasteiger partial charge is 0.407 e. The second-order valence-electron chi connectivity index (χ2n) is 5.94. The van der Waals surface area contributed by atoms with Gasteiger partial charge in [0.1, 0.15) is 6.54 Å². The van der Waals surface area contributed by atoms with Gasteiger partial charge in [-0.25, -0.2) is 4.79 Å². The second-order valence-corrected chi connectivity index (χ2v) is 7.54. The Kier molecular flexibility index (Phi) is 5.71. The van der Waals surface area contributed by atoms with Crippen molar-refractivity contribution in [3.63, 3.8) is 0 Å². The highest BCUT2D eigenvalue weighted by molar-refractivity contribution is 7.99. The van der Waals surface area contributed by atoms with Crippen LogP contribution in [0, 0.1) is 0 Å². The lowest BCUT2D eigenvalue weighted by molar-refractivity contribution is -0.135. The topological polar surface area (TPSA) is 60.9 Å². The van der Waals surface area contributed by atoms with Gasteiger partial charge in [-0.3, -0.25) is 9.69 Å². The van der Waals surface area contributed by atoms with Gasteiger partial charge in [0, 0.05) is 29.6 Å². The first-order valence-electron chi connectivity index (χ1n) is 8.11. The number of piperazine rings is 1. The normalized spacial score (nSPS) is 15.0. The van der Waals surface area contributed by atoms with Crippen molar-refractivity contribution in [3.05, 3.63) is 41.4 Å². The van der Waals surface area contributed by atoms with Crippen LogP contribution in [0.4, 0.5) is 4.79 Å². The molecule has 1 fully saturated rings. The van der Waals surface area contributed by atoms with E-state index in [1.807, 2.05) is 18.2 Å². The van der Waals surface area contributed by atoms with Gasteiger partial charge in [-0.2, -0.15) is 0 Å². The Labute approximate surface area is 155 Å². The molecule has 2 amide bonds. The van der Waals surface area contributed by atoms with E-state index in [1.54, 1.807) is 16.7 Å². The molecule has 5 nitrogen and oxygen atoms in total. The fraction of sp³-hybridized carbons (Fsp3) is 0.333. The minimum atomic E-state index is -1.03. The minimum absolute atomic E-state index is 0.0320. The molecule has 7 heteroatoms. The van der Waals surface area contributed by atoms with E-state index in [0.29, 0.717) is 19.6 Å². The van der Waals surface area contributed by atoms with Gasteiger partial charge in [-0.15, -0.1) is 11.8 Å². The third-order valence-corrected chi connectivity index (χ3v) is 5.52. The zero-order chi connectivity index (χ0) is 17.8. The molecular weight excluding hydrogens is 360 g/mol. The fourth-order valence-corrected chi connectivity index (χ4v) is 3.90. The number of nitrogens with zero attached hydrogens (tertiary/aromatic N) is 2. The molecule has 3 rings (SSSR count). The molecule has 0 spiro atoms. The van der Waals surface area contributed by atoms with Crippen molar-refractivity contribution in [1.82, 2.24) is 9.80 Å². The molecule has 1 aliphatic heterocycles. The van der Waals surface area contributed by atoms with Crippen molar-refractivity contribution in [2.75, 3.05) is 31.9 Å².